The predicted octanol–water partition coefficient (Wildman–Crippen LogP) is 9.15. The van der Waals surface area contributed by atoms with Gasteiger partial charge in [-0.1, -0.05) is 0 Å². The van der Waals surface area contributed by atoms with Crippen LogP contribution in [0.4, 0.5) is 65.9 Å². The molecule has 3 aromatic rings. The minimum atomic E-state index is -6.09. The lowest BCUT2D eigenvalue weighted by molar-refractivity contribution is -0.141. The van der Waals surface area contributed by atoms with Crippen LogP contribution in [0.3, 0.4) is 0 Å². The summed E-state index contributed by atoms with van der Waals surface area (Å²) in [7, 11) is 0. The van der Waals surface area contributed by atoms with Gasteiger partial charge in [-0.25, -0.2) is 39.5 Å². The molecule has 3 aromatic carbocycles. The van der Waals surface area contributed by atoms with Gasteiger partial charge in [-0.05, 0) is 6.92 Å². The van der Waals surface area contributed by atoms with Crippen molar-refractivity contribution in [2.24, 2.45) is 0 Å². The van der Waals surface area contributed by atoms with Crippen molar-refractivity contribution in [1.82, 2.24) is 0 Å². The molecule has 0 heterocycles. The second kappa shape index (κ2) is 13.4. The summed E-state index contributed by atoms with van der Waals surface area (Å²) in [5, 5.41) is 56.8. The molecule has 0 unspecified atom stereocenters. The molecule has 0 radical (unpaired) electrons. The number of benzene rings is 3. The van der Waals surface area contributed by atoms with E-state index in [1.165, 1.54) is 0 Å². The molecule has 1 aliphatic rings. The Labute approximate surface area is 289 Å². The standard InChI is InChI=1S/C33H3F15N6/c1-8-9(2-49)24(35)29(40)18(23(8)34)10(3-50)15-16(11(4-51)19-27(38)21(32(43,44)45)13(6-53)25(36)30(19)41)17(15)12(5-52)20-28(39)22(33(46,47)48)14(7-54)26(37)31(20)42/h1H3/b15-10-,16-11?,17-12-. The van der Waals surface area contributed by atoms with Crippen LogP contribution < -0.4 is 0 Å². The number of rotatable bonds is 3. The van der Waals surface area contributed by atoms with Gasteiger partial charge in [-0.3, -0.25) is 0 Å². The van der Waals surface area contributed by atoms with Gasteiger partial charge in [0.2, 0.25) is 0 Å². The third-order valence-corrected chi connectivity index (χ3v) is 7.62. The molecule has 4 rings (SSSR count). The van der Waals surface area contributed by atoms with Crippen molar-refractivity contribution < 1.29 is 65.9 Å². The van der Waals surface area contributed by atoms with Crippen LogP contribution in [0.1, 0.15) is 50.1 Å². The number of halogens is 15. The summed E-state index contributed by atoms with van der Waals surface area (Å²) in [5.74, 6) is -24.0. The molecule has 0 amide bonds. The average molecular weight is 768 g/mol. The van der Waals surface area contributed by atoms with Crippen molar-refractivity contribution in [3.63, 3.8) is 0 Å². The zero-order valence-electron chi connectivity index (χ0n) is 25.4. The molecule has 0 aromatic heterocycles. The van der Waals surface area contributed by atoms with Crippen LogP contribution in [0.25, 0.3) is 16.7 Å². The van der Waals surface area contributed by atoms with Crippen molar-refractivity contribution in [2.75, 3.05) is 0 Å². The minimum absolute atomic E-state index is 0.519. The summed E-state index contributed by atoms with van der Waals surface area (Å²) < 4.78 is 220. The highest BCUT2D eigenvalue weighted by atomic mass is 19.4. The van der Waals surface area contributed by atoms with Crippen LogP contribution in [-0.4, -0.2) is 0 Å². The first kappa shape index (κ1) is 39.6. The molecule has 1 saturated carbocycles. The van der Waals surface area contributed by atoms with Crippen LogP contribution in [0.5, 0.6) is 0 Å². The molecule has 1 fully saturated rings. The molecular weight excluding hydrogens is 765 g/mol. The van der Waals surface area contributed by atoms with Crippen molar-refractivity contribution >= 4 is 16.7 Å². The number of hydrogen-bond acceptors (Lipinski definition) is 6. The zero-order chi connectivity index (χ0) is 41.1. The molecule has 0 bridgehead atoms. The normalized spacial score (nSPS) is 15.2. The molecule has 0 saturated heterocycles. The number of alkyl halides is 6. The molecule has 0 spiro atoms. The van der Waals surface area contributed by atoms with Gasteiger partial charge in [0.15, 0.2) is 34.9 Å². The van der Waals surface area contributed by atoms with Gasteiger partial charge in [0.25, 0.3) is 0 Å². The summed E-state index contributed by atoms with van der Waals surface area (Å²) in [6.45, 7) is 0.604. The van der Waals surface area contributed by atoms with E-state index in [0.717, 1.165) is 24.3 Å². The third kappa shape index (κ3) is 5.69. The number of nitriles is 6. The van der Waals surface area contributed by atoms with E-state index >= 15 is 26.3 Å². The predicted molar refractivity (Wildman–Crippen MR) is 145 cm³/mol. The fourth-order valence-electron chi connectivity index (χ4n) is 5.28. The maximum atomic E-state index is 15.6. The Bertz CT molecular complexity index is 2480. The molecular formula is C33H3F15N6. The first-order chi connectivity index (χ1) is 25.0. The Morgan fingerprint density at radius 3 is 0.889 bits per heavy atom. The van der Waals surface area contributed by atoms with E-state index in [4.69, 9.17) is 15.8 Å². The van der Waals surface area contributed by atoms with Gasteiger partial charge in [-0.2, -0.15) is 57.9 Å². The second-order valence-electron chi connectivity index (χ2n) is 10.4. The summed E-state index contributed by atoms with van der Waals surface area (Å²) in [6, 6.07) is 4.64. The van der Waals surface area contributed by atoms with E-state index < -0.39 is 148 Å². The Hall–Kier alpha value is -7.23. The van der Waals surface area contributed by atoms with Gasteiger partial charge in [0.1, 0.15) is 76.1 Å². The fourth-order valence-corrected chi connectivity index (χ4v) is 5.28. The fraction of sp³-hybridized carbons (Fsp3) is 0.0909. The highest BCUT2D eigenvalue weighted by molar-refractivity contribution is 6.12. The lowest BCUT2D eigenvalue weighted by atomic mass is 9.95. The molecule has 0 aliphatic heterocycles. The topological polar surface area (TPSA) is 143 Å². The van der Waals surface area contributed by atoms with Crippen molar-refractivity contribution in [2.45, 2.75) is 19.3 Å². The van der Waals surface area contributed by atoms with Gasteiger partial charge >= 0.3 is 12.4 Å². The molecule has 0 atom stereocenters. The molecule has 1 aliphatic carbocycles. The van der Waals surface area contributed by atoms with Crippen LogP contribution in [0.2, 0.25) is 0 Å². The van der Waals surface area contributed by atoms with Crippen LogP contribution in [0.15, 0.2) is 16.7 Å². The number of nitrogens with zero attached hydrogens (tertiary/aromatic N) is 6. The molecule has 54 heavy (non-hydrogen) atoms. The first-order valence-corrected chi connectivity index (χ1v) is 13.4. The van der Waals surface area contributed by atoms with Gasteiger partial charge < -0.3 is 0 Å². The highest BCUT2D eigenvalue weighted by Crippen LogP contribution is 2.58. The number of hydrogen-bond donors (Lipinski definition) is 0. The van der Waals surface area contributed by atoms with Crippen LogP contribution in [-0.2, 0) is 12.4 Å². The van der Waals surface area contributed by atoms with Crippen LogP contribution >= 0.6 is 0 Å². The Kier molecular flexibility index (Phi) is 9.81. The smallest absolute Gasteiger partial charge is 0.206 e. The van der Waals surface area contributed by atoms with Crippen molar-refractivity contribution in [3.8, 4) is 36.4 Å². The van der Waals surface area contributed by atoms with E-state index in [1.54, 1.807) is 0 Å². The van der Waals surface area contributed by atoms with Crippen molar-refractivity contribution in [1.29, 1.82) is 31.6 Å². The lowest BCUT2D eigenvalue weighted by Crippen LogP contribution is -2.17. The van der Waals surface area contributed by atoms with Gasteiger partial charge in [-0.15, -0.1) is 0 Å². The summed E-state index contributed by atoms with van der Waals surface area (Å²) >= 11 is 0. The average Bonchev–Trinajstić information content (AvgIpc) is 3.81. The summed E-state index contributed by atoms with van der Waals surface area (Å²) in [4.78, 5) is 0. The monoisotopic (exact) mass is 768 g/mol. The molecule has 6 nitrogen and oxygen atoms in total. The van der Waals surface area contributed by atoms with Crippen LogP contribution in [0, 0.1) is 127 Å². The quantitative estimate of drug-likeness (QED) is 0.148. The van der Waals surface area contributed by atoms with E-state index in [-0.39, 0.29) is 0 Å². The third-order valence-electron chi connectivity index (χ3n) is 7.62. The zero-order valence-corrected chi connectivity index (χ0v) is 25.4. The van der Waals surface area contributed by atoms with E-state index in [9.17, 15) is 55.3 Å². The molecule has 270 valence electrons. The minimum Gasteiger partial charge on any atom is -0.206 e. The Balaban J connectivity index is 2.45. The molecule has 21 heteroatoms. The van der Waals surface area contributed by atoms with Crippen molar-refractivity contribution in [3.05, 3.63) is 119 Å². The number of allylic oxidation sites excluding steroid dienone is 6. The first-order valence-electron chi connectivity index (χ1n) is 13.4. The van der Waals surface area contributed by atoms with E-state index in [2.05, 4.69) is 0 Å². The van der Waals surface area contributed by atoms with E-state index in [1.807, 2.05) is 0 Å². The van der Waals surface area contributed by atoms with Gasteiger partial charge in [0, 0.05) is 22.3 Å². The SMILES string of the molecule is Cc1c(F)c(/C(C#N)=C2/C(=C(C#N)c3c(F)c(F)c(C#N)c(C(F)(F)F)c3F)/C2=C(/C#N)c2c(F)c(F)c(C#N)c(C(F)(F)F)c2F)c(F)c(F)c1C#N. The van der Waals surface area contributed by atoms with Gasteiger partial charge in [0.05, 0.1) is 39.0 Å². The Morgan fingerprint density at radius 1 is 0.389 bits per heavy atom. The van der Waals surface area contributed by atoms with E-state index in [0.29, 0.717) is 19.1 Å². The maximum absolute atomic E-state index is 15.6. The lowest BCUT2D eigenvalue weighted by Gasteiger charge is -2.15. The molecule has 0 N–H and O–H groups in total. The second-order valence-corrected chi connectivity index (χ2v) is 10.4. The Morgan fingerprint density at radius 2 is 0.648 bits per heavy atom. The summed E-state index contributed by atoms with van der Waals surface area (Å²) in [5.41, 5.74) is -30.6. The maximum Gasteiger partial charge on any atom is 0.420 e. The highest BCUT2D eigenvalue weighted by Gasteiger charge is 2.49. The summed E-state index contributed by atoms with van der Waals surface area (Å²) in [6.07, 6.45) is -12.2. The largest absolute Gasteiger partial charge is 0.420 e.